The fourth-order valence-electron chi connectivity index (χ4n) is 3.03. The molecule has 152 valence electrons. The van der Waals surface area contributed by atoms with Crippen molar-refractivity contribution in [2.24, 2.45) is 0 Å². The number of rotatable bonds is 6. The molecular weight excluding hydrogens is 442 g/mol. The van der Waals surface area contributed by atoms with E-state index in [0.29, 0.717) is 10.6 Å². The first-order chi connectivity index (χ1) is 14.4. The molecule has 1 N–H and O–H groups in total. The summed E-state index contributed by atoms with van der Waals surface area (Å²) in [7, 11) is -3.68. The van der Waals surface area contributed by atoms with Crippen LogP contribution < -0.4 is 5.32 Å². The molecule has 0 aliphatic rings. The van der Waals surface area contributed by atoms with Gasteiger partial charge in [-0.25, -0.2) is 8.42 Å². The lowest BCUT2D eigenvalue weighted by Gasteiger charge is -2.06. The van der Waals surface area contributed by atoms with Gasteiger partial charge in [0.25, 0.3) is 0 Å². The molecule has 3 aromatic carbocycles. The van der Waals surface area contributed by atoms with Crippen molar-refractivity contribution in [1.82, 2.24) is 10.2 Å². The Bertz CT molecular complexity index is 1310. The van der Waals surface area contributed by atoms with E-state index in [1.807, 2.05) is 42.5 Å². The highest BCUT2D eigenvalue weighted by Gasteiger charge is 2.22. The van der Waals surface area contributed by atoms with Gasteiger partial charge in [-0.3, -0.25) is 4.79 Å². The van der Waals surface area contributed by atoms with Crippen LogP contribution >= 0.6 is 22.9 Å². The average molecular weight is 458 g/mol. The maximum absolute atomic E-state index is 12.6. The molecule has 0 bridgehead atoms. The van der Waals surface area contributed by atoms with E-state index in [4.69, 9.17) is 11.6 Å². The lowest BCUT2D eigenvalue weighted by Crippen LogP contribution is -2.14. The average Bonchev–Trinajstić information content (AvgIpc) is 3.19. The van der Waals surface area contributed by atoms with Crippen molar-refractivity contribution in [2.75, 3.05) is 5.32 Å². The van der Waals surface area contributed by atoms with E-state index in [0.717, 1.165) is 27.7 Å². The van der Waals surface area contributed by atoms with Gasteiger partial charge in [0.15, 0.2) is 0 Å². The van der Waals surface area contributed by atoms with E-state index in [1.54, 1.807) is 24.3 Å². The molecule has 0 atom stereocenters. The third-order valence-corrected chi connectivity index (χ3v) is 7.64. The third kappa shape index (κ3) is 4.67. The number of carbonyl (C=O) groups is 1. The molecule has 0 saturated carbocycles. The summed E-state index contributed by atoms with van der Waals surface area (Å²) in [4.78, 5) is 12.5. The Balaban J connectivity index is 1.46. The van der Waals surface area contributed by atoms with Crippen LogP contribution in [0, 0.1) is 0 Å². The second kappa shape index (κ2) is 8.51. The minimum Gasteiger partial charge on any atom is -0.300 e. The Morgan fingerprint density at radius 2 is 1.70 bits per heavy atom. The summed E-state index contributed by atoms with van der Waals surface area (Å²) in [5, 5.41) is 12.9. The lowest BCUT2D eigenvalue weighted by atomic mass is 10.0. The SMILES string of the molecule is O=C(Cc1cccc2ccccc12)Nc1nnc(S(=O)(=O)Cc2ccc(Cl)cc2)s1. The molecule has 4 rings (SSSR count). The van der Waals surface area contributed by atoms with Crippen LogP contribution in [0.1, 0.15) is 11.1 Å². The van der Waals surface area contributed by atoms with Crippen molar-refractivity contribution in [3.05, 3.63) is 82.9 Å². The Kier molecular flexibility index (Phi) is 5.80. The summed E-state index contributed by atoms with van der Waals surface area (Å²) in [5.41, 5.74) is 1.47. The molecule has 0 saturated heterocycles. The van der Waals surface area contributed by atoms with Crippen LogP contribution in [-0.4, -0.2) is 24.5 Å². The number of hydrogen-bond acceptors (Lipinski definition) is 6. The van der Waals surface area contributed by atoms with Crippen molar-refractivity contribution in [1.29, 1.82) is 0 Å². The quantitative estimate of drug-likeness (QED) is 0.430. The van der Waals surface area contributed by atoms with Gasteiger partial charge in [0.1, 0.15) is 0 Å². The van der Waals surface area contributed by atoms with Gasteiger partial charge in [0, 0.05) is 5.02 Å². The summed E-state index contributed by atoms with van der Waals surface area (Å²) in [6, 6.07) is 20.1. The normalized spacial score (nSPS) is 11.5. The molecule has 0 fully saturated rings. The molecule has 0 aliphatic carbocycles. The molecular formula is C21H16ClN3O3S2. The molecule has 1 aromatic heterocycles. The predicted molar refractivity (Wildman–Crippen MR) is 119 cm³/mol. The van der Waals surface area contributed by atoms with Crippen LogP contribution in [-0.2, 0) is 26.8 Å². The Labute approximate surface area is 182 Å². The summed E-state index contributed by atoms with van der Waals surface area (Å²) in [6.45, 7) is 0. The number of sulfone groups is 1. The third-order valence-electron chi connectivity index (χ3n) is 4.42. The summed E-state index contributed by atoms with van der Waals surface area (Å²) >= 11 is 6.67. The monoisotopic (exact) mass is 457 g/mol. The molecule has 6 nitrogen and oxygen atoms in total. The van der Waals surface area contributed by atoms with E-state index < -0.39 is 9.84 Å². The van der Waals surface area contributed by atoms with E-state index in [2.05, 4.69) is 15.5 Å². The highest BCUT2D eigenvalue weighted by atomic mass is 35.5. The van der Waals surface area contributed by atoms with Gasteiger partial charge in [-0.2, -0.15) is 0 Å². The molecule has 4 aromatic rings. The Morgan fingerprint density at radius 3 is 2.50 bits per heavy atom. The van der Waals surface area contributed by atoms with Crippen molar-refractivity contribution in [2.45, 2.75) is 16.5 Å². The number of nitrogens with zero attached hydrogens (tertiary/aromatic N) is 2. The molecule has 9 heteroatoms. The fraction of sp³-hybridized carbons (Fsp3) is 0.0952. The second-order valence-electron chi connectivity index (χ2n) is 6.62. The molecule has 0 unspecified atom stereocenters. The van der Waals surface area contributed by atoms with E-state index in [9.17, 15) is 13.2 Å². The first kappa shape index (κ1) is 20.5. The van der Waals surface area contributed by atoms with E-state index >= 15 is 0 Å². The maximum Gasteiger partial charge on any atom is 0.234 e. The Hall–Kier alpha value is -2.81. The van der Waals surface area contributed by atoms with Crippen LogP contribution in [0.3, 0.4) is 0 Å². The first-order valence-corrected chi connectivity index (χ1v) is 11.8. The highest BCUT2D eigenvalue weighted by molar-refractivity contribution is 7.92. The number of carbonyl (C=O) groups excluding carboxylic acids is 1. The summed E-state index contributed by atoms with van der Waals surface area (Å²) in [6.07, 6.45) is 0.147. The van der Waals surface area contributed by atoms with Crippen LogP contribution in [0.4, 0.5) is 5.13 Å². The lowest BCUT2D eigenvalue weighted by molar-refractivity contribution is -0.115. The van der Waals surface area contributed by atoms with Crippen LogP contribution in [0.15, 0.2) is 71.1 Å². The van der Waals surface area contributed by atoms with Gasteiger partial charge in [-0.1, -0.05) is 77.5 Å². The molecule has 30 heavy (non-hydrogen) atoms. The van der Waals surface area contributed by atoms with Gasteiger partial charge in [-0.15, -0.1) is 10.2 Å². The zero-order valence-electron chi connectivity index (χ0n) is 15.6. The number of benzene rings is 3. The predicted octanol–water partition coefficient (Wildman–Crippen LogP) is 4.50. The van der Waals surface area contributed by atoms with Crippen molar-refractivity contribution in [3.8, 4) is 0 Å². The standard InChI is InChI=1S/C21H16ClN3O3S2/c22-17-10-8-14(9-11-17)13-30(27,28)21-25-24-20(29-21)23-19(26)12-16-6-3-5-15-4-1-2-7-18(15)16/h1-11H,12-13H2,(H,23,24,26). The van der Waals surface area contributed by atoms with E-state index in [-0.39, 0.29) is 27.6 Å². The van der Waals surface area contributed by atoms with Gasteiger partial charge < -0.3 is 5.32 Å². The first-order valence-electron chi connectivity index (χ1n) is 8.98. The highest BCUT2D eigenvalue weighted by Crippen LogP contribution is 2.25. The van der Waals surface area contributed by atoms with Crippen molar-refractivity contribution >= 4 is 54.6 Å². The number of nitrogens with one attached hydrogen (secondary N) is 1. The second-order valence-corrected chi connectivity index (χ2v) is 10.2. The van der Waals surface area contributed by atoms with Crippen LogP contribution in [0.5, 0.6) is 0 Å². The summed E-state index contributed by atoms with van der Waals surface area (Å²) in [5.74, 6) is -0.507. The largest absolute Gasteiger partial charge is 0.300 e. The van der Waals surface area contributed by atoms with Gasteiger partial charge in [-0.05, 0) is 34.0 Å². The molecule has 0 radical (unpaired) electrons. The van der Waals surface area contributed by atoms with E-state index in [1.165, 1.54) is 0 Å². The number of aromatic nitrogens is 2. The number of anilines is 1. The minimum atomic E-state index is -3.68. The molecule has 1 heterocycles. The number of fused-ring (bicyclic) bond motifs is 1. The van der Waals surface area contributed by atoms with Crippen LogP contribution in [0.25, 0.3) is 10.8 Å². The molecule has 1 amide bonds. The molecule has 0 spiro atoms. The molecule has 0 aliphatic heterocycles. The topological polar surface area (TPSA) is 89.0 Å². The van der Waals surface area contributed by atoms with Crippen molar-refractivity contribution in [3.63, 3.8) is 0 Å². The minimum absolute atomic E-state index is 0.141. The van der Waals surface area contributed by atoms with Crippen LogP contribution in [0.2, 0.25) is 5.02 Å². The summed E-state index contributed by atoms with van der Waals surface area (Å²) < 4.78 is 25.0. The zero-order chi connectivity index (χ0) is 21.1. The van der Waals surface area contributed by atoms with Crippen molar-refractivity contribution < 1.29 is 13.2 Å². The zero-order valence-corrected chi connectivity index (χ0v) is 18.0. The van der Waals surface area contributed by atoms with Gasteiger partial charge in [0.2, 0.25) is 25.2 Å². The smallest absolute Gasteiger partial charge is 0.234 e. The van der Waals surface area contributed by atoms with Gasteiger partial charge in [0.05, 0.1) is 12.2 Å². The Morgan fingerprint density at radius 1 is 0.967 bits per heavy atom. The van der Waals surface area contributed by atoms with Gasteiger partial charge >= 0.3 is 0 Å². The maximum atomic E-state index is 12.6. The number of halogens is 1. The fourth-order valence-corrected chi connectivity index (χ4v) is 5.49. The number of hydrogen-bond donors (Lipinski definition) is 1. The number of amides is 1.